The van der Waals surface area contributed by atoms with Crippen LogP contribution in [0.25, 0.3) is 0 Å². The summed E-state index contributed by atoms with van der Waals surface area (Å²) in [6, 6.07) is 11.1. The van der Waals surface area contributed by atoms with E-state index in [-0.39, 0.29) is 5.91 Å². The van der Waals surface area contributed by atoms with Crippen molar-refractivity contribution >= 4 is 55.0 Å². The molecule has 1 saturated heterocycles. The summed E-state index contributed by atoms with van der Waals surface area (Å²) < 4.78 is 27.9. The lowest BCUT2D eigenvalue weighted by Crippen LogP contribution is -2.50. The second kappa shape index (κ2) is 9.09. The Kier molecular flexibility index (Phi) is 7.02. The third-order valence-electron chi connectivity index (χ3n) is 4.34. The maximum Gasteiger partial charge on any atom is 0.253 e. The molecule has 0 N–H and O–H groups in total. The fourth-order valence-corrected chi connectivity index (χ4v) is 7.06. The van der Waals surface area contributed by atoms with Gasteiger partial charge in [-0.2, -0.15) is 16.1 Å². The molecule has 0 aliphatic carbocycles. The molecule has 3 rings (SSSR count). The smallest absolute Gasteiger partial charge is 0.253 e. The van der Waals surface area contributed by atoms with Gasteiger partial charge in [-0.25, -0.2) is 8.42 Å². The number of benzene rings is 1. The molecule has 1 amide bonds. The van der Waals surface area contributed by atoms with E-state index in [0.29, 0.717) is 36.0 Å². The predicted molar refractivity (Wildman–Crippen MR) is 115 cm³/mol. The van der Waals surface area contributed by atoms with Crippen molar-refractivity contribution < 1.29 is 13.2 Å². The molecule has 1 aliphatic heterocycles. The molecule has 0 bridgehead atoms. The Morgan fingerprint density at radius 2 is 1.78 bits per heavy atom. The molecule has 1 aromatic carbocycles. The molecule has 0 radical (unpaired) electrons. The van der Waals surface area contributed by atoms with Gasteiger partial charge in [-0.05, 0) is 51.5 Å². The maximum absolute atomic E-state index is 12.7. The molecular weight excluding hydrogens is 468 g/mol. The summed E-state index contributed by atoms with van der Waals surface area (Å²) in [7, 11) is -3.49. The van der Waals surface area contributed by atoms with E-state index >= 15 is 0 Å². The van der Waals surface area contributed by atoms with E-state index in [1.807, 2.05) is 36.0 Å². The highest BCUT2D eigenvalue weighted by atomic mass is 79.9. The van der Waals surface area contributed by atoms with Crippen LogP contribution in [0.1, 0.15) is 22.8 Å². The van der Waals surface area contributed by atoms with Crippen LogP contribution in [0.4, 0.5) is 0 Å². The Hall–Kier alpha value is -0.870. The Balaban J connectivity index is 1.61. The SMILES string of the molecule is CCSCc1ccc(C(=O)N2CCN(S(=O)(=O)c3ccc(Br)s3)CC2)cc1. The van der Waals surface area contributed by atoms with Crippen molar-refractivity contribution in [2.45, 2.75) is 16.9 Å². The molecule has 27 heavy (non-hydrogen) atoms. The standard InChI is InChI=1S/C18H21BrN2O3S3/c1-2-25-13-14-3-5-15(6-4-14)18(22)20-9-11-21(12-10-20)27(23,24)17-8-7-16(19)26-17/h3-8H,2,9-13H2,1H3. The van der Waals surface area contributed by atoms with Gasteiger partial charge < -0.3 is 4.90 Å². The first-order valence-corrected chi connectivity index (χ1v) is 12.8. The summed E-state index contributed by atoms with van der Waals surface area (Å²) in [4.78, 5) is 14.4. The second-order valence-corrected chi connectivity index (χ2v) is 12.0. The predicted octanol–water partition coefficient (Wildman–Crippen LogP) is 3.91. The summed E-state index contributed by atoms with van der Waals surface area (Å²) >= 11 is 6.35. The van der Waals surface area contributed by atoms with Crippen LogP contribution in [0.2, 0.25) is 0 Å². The number of hydrogen-bond donors (Lipinski definition) is 0. The molecule has 146 valence electrons. The zero-order valence-electron chi connectivity index (χ0n) is 14.9. The third-order valence-corrected chi connectivity index (χ3v) is 9.28. The number of nitrogens with zero attached hydrogens (tertiary/aromatic N) is 2. The molecular formula is C18H21BrN2O3S3. The number of rotatable bonds is 6. The fraction of sp³-hybridized carbons (Fsp3) is 0.389. The van der Waals surface area contributed by atoms with Gasteiger partial charge in [-0.3, -0.25) is 4.79 Å². The van der Waals surface area contributed by atoms with Crippen LogP contribution in [0, 0.1) is 0 Å². The minimum atomic E-state index is -3.49. The lowest BCUT2D eigenvalue weighted by atomic mass is 10.1. The number of piperazine rings is 1. The monoisotopic (exact) mass is 488 g/mol. The normalized spacial score (nSPS) is 15.9. The highest BCUT2D eigenvalue weighted by Gasteiger charge is 2.31. The molecule has 0 spiro atoms. The average molecular weight is 489 g/mol. The first-order valence-electron chi connectivity index (χ1n) is 8.63. The Morgan fingerprint density at radius 1 is 1.11 bits per heavy atom. The minimum Gasteiger partial charge on any atom is -0.336 e. The second-order valence-electron chi connectivity index (χ2n) is 6.09. The number of thioether (sulfide) groups is 1. The summed E-state index contributed by atoms with van der Waals surface area (Å²) in [6.45, 7) is 3.55. The summed E-state index contributed by atoms with van der Waals surface area (Å²) in [5.74, 6) is 1.97. The lowest BCUT2D eigenvalue weighted by Gasteiger charge is -2.33. The molecule has 0 unspecified atom stereocenters. The molecule has 1 aliphatic rings. The molecule has 9 heteroatoms. The van der Waals surface area contributed by atoms with E-state index in [9.17, 15) is 13.2 Å². The number of carbonyl (C=O) groups is 1. The van der Waals surface area contributed by atoms with Crippen molar-refractivity contribution in [3.8, 4) is 0 Å². The topological polar surface area (TPSA) is 57.7 Å². The zero-order valence-corrected chi connectivity index (χ0v) is 19.0. The first-order chi connectivity index (χ1) is 12.9. The van der Waals surface area contributed by atoms with Crippen molar-refractivity contribution in [1.29, 1.82) is 0 Å². The number of sulfonamides is 1. The van der Waals surface area contributed by atoms with Crippen LogP contribution in [-0.4, -0.2) is 55.5 Å². The van der Waals surface area contributed by atoms with Crippen molar-refractivity contribution in [3.05, 3.63) is 51.3 Å². The minimum absolute atomic E-state index is 0.0411. The van der Waals surface area contributed by atoms with Crippen LogP contribution < -0.4 is 0 Å². The van der Waals surface area contributed by atoms with Gasteiger partial charge in [0.2, 0.25) is 0 Å². The van der Waals surface area contributed by atoms with E-state index in [1.165, 1.54) is 21.2 Å². The van der Waals surface area contributed by atoms with Gasteiger partial charge >= 0.3 is 0 Å². The number of thiophene rings is 1. The van der Waals surface area contributed by atoms with Gasteiger partial charge in [-0.1, -0.05) is 19.1 Å². The molecule has 2 aromatic rings. The summed E-state index contributed by atoms with van der Waals surface area (Å²) in [5, 5.41) is 0. The van der Waals surface area contributed by atoms with Crippen LogP contribution in [-0.2, 0) is 15.8 Å². The number of amides is 1. The van der Waals surface area contributed by atoms with Crippen molar-refractivity contribution in [2.75, 3.05) is 31.9 Å². The van der Waals surface area contributed by atoms with Gasteiger partial charge in [0.05, 0.1) is 3.79 Å². The third kappa shape index (κ3) is 4.95. The molecule has 2 heterocycles. The molecule has 0 saturated carbocycles. The van der Waals surface area contributed by atoms with Crippen molar-refractivity contribution in [2.24, 2.45) is 0 Å². The van der Waals surface area contributed by atoms with Crippen LogP contribution in [0.15, 0.2) is 44.4 Å². The average Bonchev–Trinajstić information content (AvgIpc) is 3.13. The molecule has 0 atom stereocenters. The van der Waals surface area contributed by atoms with Gasteiger partial charge in [0, 0.05) is 37.5 Å². The van der Waals surface area contributed by atoms with Gasteiger partial charge in [0.15, 0.2) is 0 Å². The fourth-order valence-electron chi connectivity index (χ4n) is 2.84. The highest BCUT2D eigenvalue weighted by molar-refractivity contribution is 9.11. The van der Waals surface area contributed by atoms with E-state index in [1.54, 1.807) is 17.0 Å². The summed E-state index contributed by atoms with van der Waals surface area (Å²) in [5.41, 5.74) is 1.86. The van der Waals surface area contributed by atoms with Crippen LogP contribution in [0.3, 0.4) is 0 Å². The lowest BCUT2D eigenvalue weighted by molar-refractivity contribution is 0.0698. The van der Waals surface area contributed by atoms with E-state index in [2.05, 4.69) is 22.9 Å². The number of halogens is 1. The quantitative estimate of drug-likeness (QED) is 0.618. The van der Waals surface area contributed by atoms with Gasteiger partial charge in [-0.15, -0.1) is 11.3 Å². The maximum atomic E-state index is 12.7. The van der Waals surface area contributed by atoms with Crippen molar-refractivity contribution in [3.63, 3.8) is 0 Å². The van der Waals surface area contributed by atoms with Crippen LogP contribution in [0.5, 0.6) is 0 Å². The largest absolute Gasteiger partial charge is 0.336 e. The van der Waals surface area contributed by atoms with E-state index in [4.69, 9.17) is 0 Å². The number of hydrogen-bond acceptors (Lipinski definition) is 5. The Labute approximate surface area is 176 Å². The van der Waals surface area contributed by atoms with E-state index < -0.39 is 10.0 Å². The summed E-state index contributed by atoms with van der Waals surface area (Å²) in [6.07, 6.45) is 0. The zero-order chi connectivity index (χ0) is 19.4. The first kappa shape index (κ1) is 20.9. The van der Waals surface area contributed by atoms with Gasteiger partial charge in [0.25, 0.3) is 15.9 Å². The number of carbonyl (C=O) groups excluding carboxylic acids is 1. The Morgan fingerprint density at radius 3 is 2.33 bits per heavy atom. The van der Waals surface area contributed by atoms with Crippen LogP contribution >= 0.6 is 39.0 Å². The highest BCUT2D eigenvalue weighted by Crippen LogP contribution is 2.29. The van der Waals surface area contributed by atoms with Crippen molar-refractivity contribution in [1.82, 2.24) is 9.21 Å². The van der Waals surface area contributed by atoms with E-state index in [0.717, 1.165) is 15.3 Å². The molecule has 1 aromatic heterocycles. The molecule has 1 fully saturated rings. The molecule has 5 nitrogen and oxygen atoms in total. The Bertz CT molecular complexity index is 889. The van der Waals surface area contributed by atoms with Gasteiger partial charge in [0.1, 0.15) is 4.21 Å².